The first-order chi connectivity index (χ1) is 13.1. The minimum absolute atomic E-state index is 0.00998. The molecule has 0 aliphatic carbocycles. The van der Waals surface area contributed by atoms with Crippen molar-refractivity contribution in [1.29, 1.82) is 0 Å². The van der Waals surface area contributed by atoms with Gasteiger partial charge >= 0.3 is 5.97 Å². The van der Waals surface area contributed by atoms with Crippen molar-refractivity contribution < 1.29 is 19.1 Å². The van der Waals surface area contributed by atoms with Gasteiger partial charge in [-0.2, -0.15) is 0 Å². The molecule has 1 amide bonds. The van der Waals surface area contributed by atoms with Crippen molar-refractivity contribution in [3.8, 4) is 0 Å². The van der Waals surface area contributed by atoms with Crippen molar-refractivity contribution in [3.63, 3.8) is 0 Å². The average Bonchev–Trinajstić information content (AvgIpc) is 2.58. The SMILES string of the molecule is CC(C)(C)c1ccc2c(c1)N(Cc1ccc(Br)cc1F)C(=O)/C(=C/C(=O)O)S2. The molecule has 0 unspecified atom stereocenters. The molecule has 7 heteroatoms. The molecule has 0 spiro atoms. The third kappa shape index (κ3) is 4.31. The number of rotatable bonds is 3. The van der Waals surface area contributed by atoms with Crippen molar-refractivity contribution in [3.05, 3.63) is 68.8 Å². The first-order valence-electron chi connectivity index (χ1n) is 8.59. The number of amides is 1. The molecule has 1 heterocycles. The number of halogens is 2. The first-order valence-corrected chi connectivity index (χ1v) is 10.2. The van der Waals surface area contributed by atoms with Crippen molar-refractivity contribution in [2.24, 2.45) is 0 Å². The van der Waals surface area contributed by atoms with E-state index in [9.17, 15) is 14.0 Å². The summed E-state index contributed by atoms with van der Waals surface area (Å²) in [4.78, 5) is 26.5. The van der Waals surface area contributed by atoms with E-state index in [-0.39, 0.29) is 16.9 Å². The smallest absolute Gasteiger partial charge is 0.329 e. The molecular weight excluding hydrogens is 445 g/mol. The topological polar surface area (TPSA) is 57.6 Å². The van der Waals surface area contributed by atoms with Crippen LogP contribution in [0.25, 0.3) is 0 Å². The Hall–Kier alpha value is -2.12. The van der Waals surface area contributed by atoms with Crippen LogP contribution in [0.1, 0.15) is 31.9 Å². The molecule has 1 aliphatic heterocycles. The number of hydrogen-bond acceptors (Lipinski definition) is 3. The number of carboxylic acid groups (broad SMARTS) is 1. The standard InChI is InChI=1S/C21H19BrFNO3S/c1-21(2,3)13-5-7-17-16(8-13)24(20(27)18(28-17)10-19(25)26)11-12-4-6-14(22)9-15(12)23/h4-10H,11H2,1-3H3,(H,25,26)/b18-10-. The Balaban J connectivity index is 2.12. The van der Waals surface area contributed by atoms with E-state index in [1.54, 1.807) is 12.1 Å². The van der Waals surface area contributed by atoms with E-state index < -0.39 is 17.7 Å². The van der Waals surface area contributed by atoms with E-state index in [4.69, 9.17) is 5.11 Å². The first kappa shape index (κ1) is 20.6. The summed E-state index contributed by atoms with van der Waals surface area (Å²) in [6.45, 7) is 6.22. The van der Waals surface area contributed by atoms with Gasteiger partial charge in [-0.05, 0) is 35.2 Å². The van der Waals surface area contributed by atoms with E-state index in [2.05, 4.69) is 36.7 Å². The summed E-state index contributed by atoms with van der Waals surface area (Å²) in [5.74, 6) is -2.08. The lowest BCUT2D eigenvalue weighted by Gasteiger charge is -2.32. The normalized spacial score (nSPS) is 15.7. The summed E-state index contributed by atoms with van der Waals surface area (Å²) in [6, 6.07) is 10.4. The van der Waals surface area contributed by atoms with E-state index in [0.717, 1.165) is 28.3 Å². The van der Waals surface area contributed by atoms with Crippen molar-refractivity contribution in [1.82, 2.24) is 0 Å². The van der Waals surface area contributed by atoms with Crippen LogP contribution in [-0.4, -0.2) is 17.0 Å². The fraction of sp³-hybridized carbons (Fsp3) is 0.238. The molecule has 2 aromatic carbocycles. The quantitative estimate of drug-likeness (QED) is 0.611. The van der Waals surface area contributed by atoms with Gasteiger partial charge in [0.2, 0.25) is 0 Å². The molecule has 4 nitrogen and oxygen atoms in total. The van der Waals surface area contributed by atoms with Gasteiger partial charge in [0.15, 0.2) is 0 Å². The molecule has 0 atom stereocenters. The molecule has 1 N–H and O–H groups in total. The molecule has 0 saturated heterocycles. The lowest BCUT2D eigenvalue weighted by Crippen LogP contribution is -2.34. The van der Waals surface area contributed by atoms with E-state index in [1.165, 1.54) is 11.0 Å². The number of hydrogen-bond donors (Lipinski definition) is 1. The lowest BCUT2D eigenvalue weighted by molar-refractivity contribution is -0.131. The zero-order chi connectivity index (χ0) is 20.6. The maximum Gasteiger partial charge on any atom is 0.329 e. The Morgan fingerprint density at radius 3 is 2.57 bits per heavy atom. The van der Waals surface area contributed by atoms with Gasteiger partial charge in [-0.25, -0.2) is 9.18 Å². The molecule has 0 fully saturated rings. The molecule has 0 aromatic heterocycles. The highest BCUT2D eigenvalue weighted by molar-refractivity contribution is 9.10. The van der Waals surface area contributed by atoms with Crippen molar-refractivity contribution in [2.45, 2.75) is 37.6 Å². The van der Waals surface area contributed by atoms with Crippen LogP contribution in [0, 0.1) is 5.82 Å². The van der Waals surface area contributed by atoms with Gasteiger partial charge in [-0.15, -0.1) is 0 Å². The predicted octanol–water partition coefficient (Wildman–Crippen LogP) is 5.49. The minimum atomic E-state index is -1.19. The minimum Gasteiger partial charge on any atom is -0.478 e. The van der Waals surface area contributed by atoms with Gasteiger partial charge in [-0.1, -0.05) is 60.6 Å². The van der Waals surface area contributed by atoms with E-state index >= 15 is 0 Å². The van der Waals surface area contributed by atoms with Gasteiger partial charge in [0.1, 0.15) is 5.82 Å². The molecule has 3 rings (SSSR count). The zero-order valence-corrected chi connectivity index (χ0v) is 18.0. The number of nitrogens with zero attached hydrogens (tertiary/aromatic N) is 1. The Kier molecular flexibility index (Phi) is 5.68. The van der Waals surface area contributed by atoms with Gasteiger partial charge in [0.25, 0.3) is 5.91 Å². The third-order valence-corrected chi connectivity index (χ3v) is 5.96. The zero-order valence-electron chi connectivity index (χ0n) is 15.6. The summed E-state index contributed by atoms with van der Waals surface area (Å²) in [5.41, 5.74) is 1.91. The second kappa shape index (κ2) is 7.72. The average molecular weight is 464 g/mol. The second-order valence-corrected chi connectivity index (χ2v) is 9.51. The van der Waals surface area contributed by atoms with Crippen LogP contribution in [0.2, 0.25) is 0 Å². The van der Waals surface area contributed by atoms with Gasteiger partial charge in [-0.3, -0.25) is 4.79 Å². The van der Waals surface area contributed by atoms with Crippen LogP contribution < -0.4 is 4.90 Å². The number of carboxylic acids is 1. The monoisotopic (exact) mass is 463 g/mol. The fourth-order valence-corrected chi connectivity index (χ4v) is 4.20. The summed E-state index contributed by atoms with van der Waals surface area (Å²) in [7, 11) is 0. The summed E-state index contributed by atoms with van der Waals surface area (Å²) in [5, 5.41) is 9.11. The summed E-state index contributed by atoms with van der Waals surface area (Å²) >= 11 is 4.35. The highest BCUT2D eigenvalue weighted by atomic mass is 79.9. The van der Waals surface area contributed by atoms with Crippen LogP contribution in [0.15, 0.2) is 56.7 Å². The Labute approximate surface area is 175 Å². The highest BCUT2D eigenvalue weighted by Gasteiger charge is 2.31. The number of carbonyl (C=O) groups is 2. The molecule has 28 heavy (non-hydrogen) atoms. The van der Waals surface area contributed by atoms with Gasteiger partial charge in [0, 0.05) is 21.0 Å². The van der Waals surface area contributed by atoms with Crippen molar-refractivity contribution >= 4 is 45.3 Å². The van der Waals surface area contributed by atoms with Gasteiger partial charge in [0.05, 0.1) is 17.1 Å². The number of anilines is 1. The number of fused-ring (bicyclic) bond motifs is 1. The van der Waals surface area contributed by atoms with Crippen LogP contribution in [-0.2, 0) is 21.5 Å². The number of carbonyl (C=O) groups excluding carboxylic acids is 1. The maximum absolute atomic E-state index is 14.4. The number of benzene rings is 2. The van der Waals surface area contributed by atoms with Crippen LogP contribution in [0.5, 0.6) is 0 Å². The molecule has 2 aromatic rings. The van der Waals surface area contributed by atoms with Crippen molar-refractivity contribution in [2.75, 3.05) is 4.90 Å². The van der Waals surface area contributed by atoms with Crippen LogP contribution in [0.3, 0.4) is 0 Å². The molecule has 0 saturated carbocycles. The number of aliphatic carboxylic acids is 1. The number of thioether (sulfide) groups is 1. The molecule has 1 aliphatic rings. The van der Waals surface area contributed by atoms with Crippen LogP contribution in [0.4, 0.5) is 10.1 Å². The largest absolute Gasteiger partial charge is 0.478 e. The van der Waals surface area contributed by atoms with E-state index in [0.29, 0.717) is 15.7 Å². The van der Waals surface area contributed by atoms with Gasteiger partial charge < -0.3 is 10.0 Å². The molecule has 0 bridgehead atoms. The second-order valence-electron chi connectivity index (χ2n) is 7.51. The third-order valence-electron chi connectivity index (χ3n) is 4.39. The fourth-order valence-electron chi connectivity index (χ4n) is 2.87. The predicted molar refractivity (Wildman–Crippen MR) is 112 cm³/mol. The maximum atomic E-state index is 14.4. The molecule has 146 valence electrons. The summed E-state index contributed by atoms with van der Waals surface area (Å²) in [6.07, 6.45) is 0.901. The lowest BCUT2D eigenvalue weighted by atomic mass is 9.87. The van der Waals surface area contributed by atoms with Crippen LogP contribution >= 0.6 is 27.7 Å². The Morgan fingerprint density at radius 2 is 1.96 bits per heavy atom. The Bertz CT molecular complexity index is 998. The van der Waals surface area contributed by atoms with E-state index in [1.807, 2.05) is 18.2 Å². The summed E-state index contributed by atoms with van der Waals surface area (Å²) < 4.78 is 15.0. The molecule has 0 radical (unpaired) electrons. The molecular formula is C21H19BrFNO3S. The highest BCUT2D eigenvalue weighted by Crippen LogP contribution is 2.44. The Morgan fingerprint density at radius 1 is 1.25 bits per heavy atom.